The molecule has 0 spiro atoms. The highest BCUT2D eigenvalue weighted by Crippen LogP contribution is 2.28. The highest BCUT2D eigenvalue weighted by atomic mass is 35.5. The SMILES string of the molecule is CCc1ccc(-c2nc(S[C@@H](C)C(=O)Nc3ccc(OC)c(Cl)c3)n[nH]2)cc1. The van der Waals surface area contributed by atoms with Crippen molar-refractivity contribution in [1.82, 2.24) is 15.2 Å². The van der Waals surface area contributed by atoms with Gasteiger partial charge in [0.2, 0.25) is 11.1 Å². The Morgan fingerprint density at radius 1 is 1.29 bits per heavy atom. The smallest absolute Gasteiger partial charge is 0.237 e. The number of amides is 1. The minimum absolute atomic E-state index is 0.162. The summed E-state index contributed by atoms with van der Waals surface area (Å²) in [5, 5.41) is 10.6. The Morgan fingerprint density at radius 2 is 2.04 bits per heavy atom. The number of methoxy groups -OCH3 is 1. The number of hydrogen-bond donors (Lipinski definition) is 2. The van der Waals surface area contributed by atoms with E-state index in [2.05, 4.69) is 39.6 Å². The molecule has 0 aliphatic heterocycles. The van der Waals surface area contributed by atoms with E-state index >= 15 is 0 Å². The molecule has 0 fully saturated rings. The number of thioether (sulfide) groups is 1. The van der Waals surface area contributed by atoms with Gasteiger partial charge in [0.1, 0.15) is 5.75 Å². The average Bonchev–Trinajstić information content (AvgIpc) is 3.16. The maximum atomic E-state index is 12.5. The zero-order valence-electron chi connectivity index (χ0n) is 15.8. The first-order valence-electron chi connectivity index (χ1n) is 8.83. The van der Waals surface area contributed by atoms with Crippen molar-refractivity contribution in [2.45, 2.75) is 30.7 Å². The number of hydrogen-bond acceptors (Lipinski definition) is 5. The van der Waals surface area contributed by atoms with Gasteiger partial charge in [-0.05, 0) is 37.1 Å². The number of aryl methyl sites for hydroxylation is 1. The maximum Gasteiger partial charge on any atom is 0.237 e. The van der Waals surface area contributed by atoms with Crippen molar-refractivity contribution in [2.75, 3.05) is 12.4 Å². The molecule has 0 aliphatic rings. The zero-order chi connectivity index (χ0) is 20.1. The molecule has 0 saturated carbocycles. The highest BCUT2D eigenvalue weighted by molar-refractivity contribution is 8.00. The largest absolute Gasteiger partial charge is 0.495 e. The summed E-state index contributed by atoms with van der Waals surface area (Å²) >= 11 is 7.38. The number of halogens is 1. The molecule has 1 atom stereocenters. The van der Waals surface area contributed by atoms with Crippen molar-refractivity contribution in [3.8, 4) is 17.1 Å². The van der Waals surface area contributed by atoms with E-state index in [0.717, 1.165) is 12.0 Å². The molecule has 2 aromatic carbocycles. The van der Waals surface area contributed by atoms with E-state index in [1.54, 1.807) is 32.2 Å². The number of carbonyl (C=O) groups is 1. The summed E-state index contributed by atoms with van der Waals surface area (Å²) in [6.45, 7) is 3.92. The summed E-state index contributed by atoms with van der Waals surface area (Å²) in [4.78, 5) is 16.9. The van der Waals surface area contributed by atoms with E-state index < -0.39 is 0 Å². The fourth-order valence-corrected chi connectivity index (χ4v) is 3.51. The Morgan fingerprint density at radius 3 is 2.68 bits per heavy atom. The molecule has 0 aliphatic carbocycles. The molecule has 0 radical (unpaired) electrons. The molecule has 6 nitrogen and oxygen atoms in total. The molecular formula is C20H21ClN4O2S. The molecule has 3 rings (SSSR count). The van der Waals surface area contributed by atoms with Crippen LogP contribution in [0.3, 0.4) is 0 Å². The van der Waals surface area contributed by atoms with Gasteiger partial charge in [-0.25, -0.2) is 4.98 Å². The molecule has 146 valence electrons. The molecule has 0 bridgehead atoms. The van der Waals surface area contributed by atoms with Crippen LogP contribution in [0.5, 0.6) is 5.75 Å². The first-order chi connectivity index (χ1) is 13.5. The maximum absolute atomic E-state index is 12.5. The van der Waals surface area contributed by atoms with Gasteiger partial charge in [-0.3, -0.25) is 9.89 Å². The topological polar surface area (TPSA) is 79.9 Å². The van der Waals surface area contributed by atoms with E-state index in [-0.39, 0.29) is 11.2 Å². The van der Waals surface area contributed by atoms with Gasteiger partial charge in [-0.15, -0.1) is 5.10 Å². The average molecular weight is 417 g/mol. The Hall–Kier alpha value is -2.51. The van der Waals surface area contributed by atoms with E-state index in [0.29, 0.717) is 27.4 Å². The van der Waals surface area contributed by atoms with Crippen LogP contribution in [0.1, 0.15) is 19.4 Å². The Balaban J connectivity index is 1.62. The Bertz CT molecular complexity index is 959. The highest BCUT2D eigenvalue weighted by Gasteiger charge is 2.18. The van der Waals surface area contributed by atoms with Gasteiger partial charge in [-0.1, -0.05) is 54.6 Å². The first kappa shape index (κ1) is 20.2. The number of carbonyl (C=O) groups excluding carboxylic acids is 1. The quantitative estimate of drug-likeness (QED) is 0.540. The lowest BCUT2D eigenvalue weighted by molar-refractivity contribution is -0.115. The lowest BCUT2D eigenvalue weighted by Gasteiger charge is -2.11. The predicted octanol–water partition coefficient (Wildman–Crippen LogP) is 4.82. The monoisotopic (exact) mass is 416 g/mol. The lowest BCUT2D eigenvalue weighted by atomic mass is 10.1. The summed E-state index contributed by atoms with van der Waals surface area (Å²) in [6, 6.07) is 13.3. The normalized spacial score (nSPS) is 11.9. The standard InChI is InChI=1S/C20H21ClN4O2S/c1-4-13-5-7-14(8-6-13)18-23-20(25-24-18)28-12(2)19(26)22-15-9-10-17(27-3)16(21)11-15/h5-12H,4H2,1-3H3,(H,22,26)(H,23,24,25)/t12-/m0/s1. The van der Waals surface area contributed by atoms with Crippen molar-refractivity contribution >= 4 is 35.0 Å². The van der Waals surface area contributed by atoms with Crippen molar-refractivity contribution < 1.29 is 9.53 Å². The van der Waals surface area contributed by atoms with Crippen LogP contribution in [0, 0.1) is 0 Å². The van der Waals surface area contributed by atoms with E-state index in [9.17, 15) is 4.79 Å². The minimum atomic E-state index is -0.382. The second-order valence-corrected chi connectivity index (χ2v) is 7.83. The fraction of sp³-hybridized carbons (Fsp3) is 0.250. The molecule has 1 amide bonds. The van der Waals surface area contributed by atoms with Gasteiger partial charge in [-0.2, -0.15) is 0 Å². The lowest BCUT2D eigenvalue weighted by Crippen LogP contribution is -2.22. The molecule has 8 heteroatoms. The molecule has 28 heavy (non-hydrogen) atoms. The summed E-state index contributed by atoms with van der Waals surface area (Å²) < 4.78 is 5.11. The molecule has 1 heterocycles. The summed E-state index contributed by atoms with van der Waals surface area (Å²) in [7, 11) is 1.54. The Kier molecular flexibility index (Phi) is 6.59. The molecule has 2 N–H and O–H groups in total. The van der Waals surface area contributed by atoms with Crippen LogP contribution in [0.15, 0.2) is 47.6 Å². The van der Waals surface area contributed by atoms with Gasteiger partial charge in [0.15, 0.2) is 5.82 Å². The van der Waals surface area contributed by atoms with Gasteiger partial charge < -0.3 is 10.1 Å². The van der Waals surface area contributed by atoms with Gasteiger partial charge in [0.05, 0.1) is 17.4 Å². The molecular weight excluding hydrogens is 396 g/mol. The number of H-pyrrole nitrogens is 1. The van der Waals surface area contributed by atoms with Crippen LogP contribution >= 0.6 is 23.4 Å². The van der Waals surface area contributed by atoms with Gasteiger partial charge >= 0.3 is 0 Å². The van der Waals surface area contributed by atoms with Crippen LogP contribution in [-0.2, 0) is 11.2 Å². The van der Waals surface area contributed by atoms with Crippen LogP contribution in [0.4, 0.5) is 5.69 Å². The summed E-state index contributed by atoms with van der Waals surface area (Å²) in [5.74, 6) is 1.08. The van der Waals surface area contributed by atoms with Crippen LogP contribution in [-0.4, -0.2) is 33.4 Å². The molecule has 0 saturated heterocycles. The van der Waals surface area contributed by atoms with Crippen LogP contribution in [0.25, 0.3) is 11.4 Å². The second kappa shape index (κ2) is 9.12. The summed E-state index contributed by atoms with van der Waals surface area (Å²) in [5.41, 5.74) is 2.83. The molecule has 1 aromatic heterocycles. The van der Waals surface area contributed by atoms with Crippen molar-refractivity contribution in [1.29, 1.82) is 0 Å². The van der Waals surface area contributed by atoms with Crippen LogP contribution < -0.4 is 10.1 Å². The van der Waals surface area contributed by atoms with Crippen molar-refractivity contribution in [2.24, 2.45) is 0 Å². The fourth-order valence-electron chi connectivity index (χ4n) is 2.53. The number of aromatic amines is 1. The number of anilines is 1. The zero-order valence-corrected chi connectivity index (χ0v) is 17.4. The number of nitrogens with zero attached hydrogens (tertiary/aromatic N) is 2. The number of rotatable bonds is 7. The third kappa shape index (κ3) is 4.85. The van der Waals surface area contributed by atoms with E-state index in [1.165, 1.54) is 17.3 Å². The number of nitrogens with one attached hydrogen (secondary N) is 2. The number of ether oxygens (including phenoxy) is 1. The van der Waals surface area contributed by atoms with Crippen LogP contribution in [0.2, 0.25) is 5.02 Å². The Labute approximate surface area is 173 Å². The van der Waals surface area contributed by atoms with Crippen molar-refractivity contribution in [3.05, 3.63) is 53.1 Å². The van der Waals surface area contributed by atoms with Gasteiger partial charge in [0, 0.05) is 11.3 Å². The molecule has 0 unspecified atom stereocenters. The third-order valence-corrected chi connectivity index (χ3v) is 5.43. The second-order valence-electron chi connectivity index (χ2n) is 6.12. The van der Waals surface area contributed by atoms with E-state index in [4.69, 9.17) is 16.3 Å². The third-order valence-electron chi connectivity index (χ3n) is 4.17. The van der Waals surface area contributed by atoms with Gasteiger partial charge in [0.25, 0.3) is 0 Å². The van der Waals surface area contributed by atoms with E-state index in [1.807, 2.05) is 12.1 Å². The minimum Gasteiger partial charge on any atom is -0.495 e. The predicted molar refractivity (Wildman–Crippen MR) is 113 cm³/mol. The summed E-state index contributed by atoms with van der Waals surface area (Å²) in [6.07, 6.45) is 0.990. The number of benzene rings is 2. The number of aromatic nitrogens is 3. The first-order valence-corrected chi connectivity index (χ1v) is 10.1. The van der Waals surface area contributed by atoms with Crippen molar-refractivity contribution in [3.63, 3.8) is 0 Å². The molecule has 3 aromatic rings.